The number of likely N-dealkylation sites (N-methyl/N-ethyl adjacent to an activating group) is 2. The van der Waals surface area contributed by atoms with Gasteiger partial charge in [-0.3, -0.25) is 4.79 Å². The minimum Gasteiger partial charge on any atom is -0.340 e. The van der Waals surface area contributed by atoms with Crippen LogP contribution >= 0.6 is 0 Å². The van der Waals surface area contributed by atoms with Gasteiger partial charge in [-0.15, -0.1) is 0 Å². The first-order valence-electron chi connectivity index (χ1n) is 7.96. The molecule has 5 nitrogen and oxygen atoms in total. The highest BCUT2D eigenvalue weighted by Gasteiger charge is 2.20. The first-order valence-corrected chi connectivity index (χ1v) is 9.47. The van der Waals surface area contributed by atoms with E-state index >= 15 is 0 Å². The van der Waals surface area contributed by atoms with Crippen molar-refractivity contribution in [2.45, 2.75) is 6.54 Å². The van der Waals surface area contributed by atoms with Gasteiger partial charge >= 0.3 is 0 Å². The fourth-order valence-electron chi connectivity index (χ4n) is 2.20. The summed E-state index contributed by atoms with van der Waals surface area (Å²) < 4.78 is 39.2. The molecular weight excluding hydrogens is 355 g/mol. The molecule has 0 aliphatic carbocycles. The summed E-state index contributed by atoms with van der Waals surface area (Å²) in [5, 5.41) is 1.06. The molecule has 0 heterocycles. The second kappa shape index (κ2) is 8.73. The summed E-state index contributed by atoms with van der Waals surface area (Å²) in [5.41, 5.74) is 1.12. The Morgan fingerprint density at radius 1 is 1.04 bits per heavy atom. The monoisotopic (exact) mass is 376 g/mol. The number of carbonyl (C=O) groups is 1. The van der Waals surface area contributed by atoms with Crippen LogP contribution in [0.4, 0.5) is 4.39 Å². The number of nitrogens with zero attached hydrogens (tertiary/aromatic N) is 2. The second-order valence-electron chi connectivity index (χ2n) is 5.86. The fraction of sp³-hybridized carbons (Fsp3) is 0.211. The normalized spacial score (nSPS) is 11.8. The molecule has 0 spiro atoms. The van der Waals surface area contributed by atoms with Gasteiger partial charge in [-0.2, -0.15) is 4.31 Å². The van der Waals surface area contributed by atoms with Crippen molar-refractivity contribution in [1.29, 1.82) is 0 Å². The molecule has 0 saturated carbocycles. The van der Waals surface area contributed by atoms with Gasteiger partial charge in [0.25, 0.3) is 0 Å². The Morgan fingerprint density at radius 2 is 1.65 bits per heavy atom. The van der Waals surface area contributed by atoms with Crippen molar-refractivity contribution in [3.63, 3.8) is 0 Å². The van der Waals surface area contributed by atoms with Crippen LogP contribution in [-0.4, -0.2) is 44.2 Å². The Labute approximate surface area is 153 Å². The van der Waals surface area contributed by atoms with Crippen LogP contribution < -0.4 is 0 Å². The van der Waals surface area contributed by atoms with Crippen molar-refractivity contribution >= 4 is 22.0 Å². The van der Waals surface area contributed by atoms with Gasteiger partial charge < -0.3 is 4.90 Å². The topological polar surface area (TPSA) is 57.7 Å². The predicted octanol–water partition coefficient (Wildman–Crippen LogP) is 2.72. The summed E-state index contributed by atoms with van der Waals surface area (Å²) in [4.78, 5) is 13.6. The Hall–Kier alpha value is -2.51. The molecule has 2 aromatic rings. The molecule has 0 aliphatic heterocycles. The molecule has 0 unspecified atom stereocenters. The Kier molecular flexibility index (Phi) is 6.65. The predicted molar refractivity (Wildman–Crippen MR) is 99.9 cm³/mol. The maximum Gasteiger partial charge on any atom is 0.237 e. The van der Waals surface area contributed by atoms with Crippen molar-refractivity contribution in [2.24, 2.45) is 0 Å². The zero-order chi connectivity index (χ0) is 19.2. The van der Waals surface area contributed by atoms with Crippen LogP contribution in [-0.2, 0) is 21.4 Å². The second-order valence-corrected chi connectivity index (χ2v) is 7.78. The minimum atomic E-state index is -3.74. The standard InChI is InChI=1S/C19H21FN2O3S/c1-21(14-17-10-6-7-11-18(17)20)19(23)15-22(2)26(24,25)13-12-16-8-4-3-5-9-16/h3-13H,14-15H2,1-2H3/b13-12+. The largest absolute Gasteiger partial charge is 0.340 e. The van der Waals surface area contributed by atoms with E-state index in [9.17, 15) is 17.6 Å². The molecule has 0 bridgehead atoms. The van der Waals surface area contributed by atoms with Crippen LogP contribution in [0.5, 0.6) is 0 Å². The zero-order valence-electron chi connectivity index (χ0n) is 14.7. The SMILES string of the molecule is CN(Cc1ccccc1F)C(=O)CN(C)S(=O)(=O)/C=C/c1ccccc1. The van der Waals surface area contributed by atoms with Crippen LogP contribution in [0.2, 0.25) is 0 Å². The molecule has 0 atom stereocenters. The van der Waals surface area contributed by atoms with E-state index in [-0.39, 0.29) is 13.1 Å². The number of carbonyl (C=O) groups excluding carboxylic acids is 1. The van der Waals surface area contributed by atoms with Gasteiger partial charge in [0.05, 0.1) is 6.54 Å². The molecule has 1 amide bonds. The van der Waals surface area contributed by atoms with Crippen molar-refractivity contribution in [1.82, 2.24) is 9.21 Å². The summed E-state index contributed by atoms with van der Waals surface area (Å²) in [7, 11) is -0.895. The highest BCUT2D eigenvalue weighted by atomic mass is 32.2. The number of hydrogen-bond donors (Lipinski definition) is 0. The van der Waals surface area contributed by atoms with Crippen molar-refractivity contribution in [3.05, 3.63) is 76.9 Å². The van der Waals surface area contributed by atoms with E-state index in [2.05, 4.69) is 0 Å². The van der Waals surface area contributed by atoms with Crippen molar-refractivity contribution in [3.8, 4) is 0 Å². The van der Waals surface area contributed by atoms with Gasteiger partial charge in [0.2, 0.25) is 15.9 Å². The van der Waals surface area contributed by atoms with Crippen LogP contribution in [0.25, 0.3) is 6.08 Å². The van der Waals surface area contributed by atoms with Gasteiger partial charge in [-0.05, 0) is 17.7 Å². The van der Waals surface area contributed by atoms with Gasteiger partial charge in [-0.1, -0.05) is 48.5 Å². The number of amides is 1. The van der Waals surface area contributed by atoms with Crippen LogP contribution in [0.3, 0.4) is 0 Å². The molecular formula is C19H21FN2O3S. The molecule has 138 valence electrons. The molecule has 0 N–H and O–H groups in total. The average Bonchev–Trinajstić information content (AvgIpc) is 2.62. The van der Waals surface area contributed by atoms with Gasteiger partial charge in [0.1, 0.15) is 5.82 Å². The Bertz CT molecular complexity index is 883. The zero-order valence-corrected chi connectivity index (χ0v) is 15.5. The van der Waals surface area contributed by atoms with Crippen LogP contribution in [0.1, 0.15) is 11.1 Å². The van der Waals surface area contributed by atoms with E-state index in [1.165, 1.54) is 31.1 Å². The molecule has 0 saturated heterocycles. The van der Waals surface area contributed by atoms with E-state index in [0.717, 1.165) is 15.3 Å². The van der Waals surface area contributed by atoms with Gasteiger partial charge in [-0.25, -0.2) is 12.8 Å². The third-order valence-electron chi connectivity index (χ3n) is 3.82. The highest BCUT2D eigenvalue weighted by molar-refractivity contribution is 7.92. The molecule has 0 fully saturated rings. The van der Waals surface area contributed by atoms with Crippen LogP contribution in [0.15, 0.2) is 60.0 Å². The summed E-state index contributed by atoms with van der Waals surface area (Å²) in [6.07, 6.45) is 1.47. The van der Waals surface area contributed by atoms with Gasteiger partial charge in [0.15, 0.2) is 0 Å². The number of benzene rings is 2. The lowest BCUT2D eigenvalue weighted by molar-refractivity contribution is -0.130. The lowest BCUT2D eigenvalue weighted by Crippen LogP contribution is -2.38. The molecule has 2 rings (SSSR count). The molecule has 0 aliphatic rings. The lowest BCUT2D eigenvalue weighted by atomic mass is 10.2. The maximum atomic E-state index is 13.7. The van der Waals surface area contributed by atoms with Gasteiger partial charge in [0, 0.05) is 31.6 Å². The third kappa shape index (κ3) is 5.50. The quantitative estimate of drug-likeness (QED) is 0.747. The van der Waals surface area contributed by atoms with Crippen LogP contribution in [0, 0.1) is 5.82 Å². The molecule has 0 aromatic heterocycles. The number of halogens is 1. The summed E-state index contributed by atoms with van der Waals surface area (Å²) in [5.74, 6) is -0.827. The third-order valence-corrected chi connectivity index (χ3v) is 5.29. The first kappa shape index (κ1) is 19.8. The van der Waals surface area contributed by atoms with E-state index in [4.69, 9.17) is 0 Å². The molecule has 26 heavy (non-hydrogen) atoms. The number of sulfonamides is 1. The van der Waals surface area contributed by atoms with E-state index in [1.807, 2.05) is 6.07 Å². The van der Waals surface area contributed by atoms with Crippen molar-refractivity contribution < 1.29 is 17.6 Å². The number of rotatable bonds is 7. The summed E-state index contributed by atoms with van der Waals surface area (Å²) in [6.45, 7) is -0.258. The van der Waals surface area contributed by atoms with E-state index in [1.54, 1.807) is 42.5 Å². The van der Waals surface area contributed by atoms with E-state index in [0.29, 0.717) is 5.56 Å². The minimum absolute atomic E-state index is 0.0687. The summed E-state index contributed by atoms with van der Waals surface area (Å²) >= 11 is 0. The van der Waals surface area contributed by atoms with Crippen molar-refractivity contribution in [2.75, 3.05) is 20.6 Å². The lowest BCUT2D eigenvalue weighted by Gasteiger charge is -2.21. The van der Waals surface area contributed by atoms with E-state index < -0.39 is 21.7 Å². The smallest absolute Gasteiger partial charge is 0.237 e. The highest BCUT2D eigenvalue weighted by Crippen LogP contribution is 2.10. The molecule has 2 aromatic carbocycles. The Balaban J connectivity index is 1.98. The first-order chi connectivity index (χ1) is 12.3. The summed E-state index contributed by atoms with van der Waals surface area (Å²) in [6, 6.07) is 15.2. The Morgan fingerprint density at radius 3 is 2.31 bits per heavy atom. The fourth-order valence-corrected chi connectivity index (χ4v) is 3.03. The maximum absolute atomic E-state index is 13.7. The molecule has 7 heteroatoms. The molecule has 0 radical (unpaired) electrons. The average molecular weight is 376 g/mol. The number of hydrogen-bond acceptors (Lipinski definition) is 3.